The van der Waals surface area contributed by atoms with E-state index < -0.39 is 0 Å². The lowest BCUT2D eigenvalue weighted by Gasteiger charge is -2.17. The summed E-state index contributed by atoms with van der Waals surface area (Å²) in [5.41, 5.74) is 0.736. The molecule has 2 heterocycles. The lowest BCUT2D eigenvalue weighted by atomic mass is 10.2. The predicted molar refractivity (Wildman–Crippen MR) is 91.3 cm³/mol. The Bertz CT molecular complexity index is 690. The second-order valence-corrected chi connectivity index (χ2v) is 5.67. The standard InChI is InChI=1S/C16H19ClN4O2/c1-22-13-8-12(14(23-2)7-11(13)17)20-15-9-16(19-10-18-15)21-5-3-4-6-21/h7-10H,3-6H2,1-2H3,(H,18,19,20). The second kappa shape index (κ2) is 6.91. The molecule has 7 heteroatoms. The summed E-state index contributed by atoms with van der Waals surface area (Å²) in [4.78, 5) is 10.9. The Hall–Kier alpha value is -2.21. The monoisotopic (exact) mass is 334 g/mol. The summed E-state index contributed by atoms with van der Waals surface area (Å²) in [7, 11) is 3.17. The topological polar surface area (TPSA) is 59.5 Å². The van der Waals surface area contributed by atoms with Crippen molar-refractivity contribution in [1.82, 2.24) is 9.97 Å². The van der Waals surface area contributed by atoms with Crippen LogP contribution in [-0.2, 0) is 0 Å². The fourth-order valence-corrected chi connectivity index (χ4v) is 2.86. The molecular formula is C16H19ClN4O2. The molecule has 3 rings (SSSR count). The molecule has 0 unspecified atom stereocenters. The van der Waals surface area contributed by atoms with Crippen LogP contribution in [0.4, 0.5) is 17.3 Å². The quantitative estimate of drug-likeness (QED) is 0.903. The molecule has 0 radical (unpaired) electrons. The largest absolute Gasteiger partial charge is 0.495 e. The van der Waals surface area contributed by atoms with E-state index >= 15 is 0 Å². The van der Waals surface area contributed by atoms with Crippen molar-refractivity contribution in [3.05, 3.63) is 29.5 Å². The SMILES string of the molecule is COc1cc(Nc2cc(N3CCCC3)ncn2)c(OC)cc1Cl. The molecule has 0 saturated carbocycles. The zero-order valence-electron chi connectivity index (χ0n) is 13.2. The van der Waals surface area contributed by atoms with Crippen LogP contribution in [0.3, 0.4) is 0 Å². The van der Waals surface area contributed by atoms with Crippen LogP contribution in [0.5, 0.6) is 11.5 Å². The molecule has 1 aromatic carbocycles. The van der Waals surface area contributed by atoms with Gasteiger partial charge in [0.25, 0.3) is 0 Å². The number of methoxy groups -OCH3 is 2. The third kappa shape index (κ3) is 3.42. The van der Waals surface area contributed by atoms with Gasteiger partial charge in [0.2, 0.25) is 0 Å². The van der Waals surface area contributed by atoms with Crippen LogP contribution < -0.4 is 19.7 Å². The molecule has 1 aliphatic heterocycles. The van der Waals surface area contributed by atoms with Crippen LogP contribution in [0.25, 0.3) is 0 Å². The number of aromatic nitrogens is 2. The molecule has 2 aromatic rings. The van der Waals surface area contributed by atoms with Gasteiger partial charge in [-0.1, -0.05) is 11.6 Å². The first-order valence-corrected chi connectivity index (χ1v) is 7.84. The minimum Gasteiger partial charge on any atom is -0.495 e. The summed E-state index contributed by atoms with van der Waals surface area (Å²) in [6.07, 6.45) is 3.97. The van der Waals surface area contributed by atoms with Crippen LogP contribution in [0.2, 0.25) is 5.02 Å². The molecule has 23 heavy (non-hydrogen) atoms. The van der Waals surface area contributed by atoms with Gasteiger partial charge >= 0.3 is 0 Å². The van der Waals surface area contributed by atoms with Gasteiger partial charge in [-0.2, -0.15) is 0 Å². The van der Waals surface area contributed by atoms with Crippen LogP contribution in [0, 0.1) is 0 Å². The number of ether oxygens (including phenoxy) is 2. The van der Waals surface area contributed by atoms with Crippen molar-refractivity contribution in [2.24, 2.45) is 0 Å². The highest BCUT2D eigenvalue weighted by Crippen LogP contribution is 2.37. The van der Waals surface area contributed by atoms with Crippen molar-refractivity contribution in [1.29, 1.82) is 0 Å². The zero-order chi connectivity index (χ0) is 16.2. The van der Waals surface area contributed by atoms with Gasteiger partial charge in [-0.3, -0.25) is 0 Å². The van der Waals surface area contributed by atoms with Gasteiger partial charge in [0.15, 0.2) is 0 Å². The first-order chi connectivity index (χ1) is 11.2. The molecular weight excluding hydrogens is 316 g/mol. The van der Waals surface area contributed by atoms with Gasteiger partial charge < -0.3 is 19.7 Å². The lowest BCUT2D eigenvalue weighted by molar-refractivity contribution is 0.405. The summed E-state index contributed by atoms with van der Waals surface area (Å²) in [5, 5.41) is 3.74. The summed E-state index contributed by atoms with van der Waals surface area (Å²) in [6.45, 7) is 2.07. The van der Waals surface area contributed by atoms with E-state index in [0.717, 1.165) is 24.6 Å². The molecule has 122 valence electrons. The number of rotatable bonds is 5. The number of hydrogen-bond acceptors (Lipinski definition) is 6. The first kappa shape index (κ1) is 15.7. The smallest absolute Gasteiger partial charge is 0.144 e. The Labute approximate surface area is 140 Å². The van der Waals surface area contributed by atoms with Gasteiger partial charge in [0.1, 0.15) is 29.5 Å². The molecule has 1 saturated heterocycles. The first-order valence-electron chi connectivity index (χ1n) is 7.47. The normalized spacial score (nSPS) is 14.0. The number of hydrogen-bond donors (Lipinski definition) is 1. The van der Waals surface area contributed by atoms with E-state index in [4.69, 9.17) is 21.1 Å². The van der Waals surface area contributed by atoms with E-state index in [1.165, 1.54) is 12.8 Å². The van der Waals surface area contributed by atoms with Gasteiger partial charge in [0, 0.05) is 31.3 Å². The van der Waals surface area contributed by atoms with Gasteiger partial charge in [-0.15, -0.1) is 0 Å². The maximum Gasteiger partial charge on any atom is 0.144 e. The fourth-order valence-electron chi connectivity index (χ4n) is 2.63. The molecule has 0 aliphatic carbocycles. The number of halogens is 1. The summed E-state index contributed by atoms with van der Waals surface area (Å²) in [6, 6.07) is 5.44. The van der Waals surface area contributed by atoms with E-state index in [2.05, 4.69) is 20.2 Å². The molecule has 0 amide bonds. The molecule has 1 aromatic heterocycles. The highest BCUT2D eigenvalue weighted by molar-refractivity contribution is 6.32. The summed E-state index contributed by atoms with van der Waals surface area (Å²) < 4.78 is 10.6. The average molecular weight is 335 g/mol. The van der Waals surface area contributed by atoms with E-state index in [1.54, 1.807) is 32.7 Å². The molecule has 0 atom stereocenters. The third-order valence-corrected chi connectivity index (χ3v) is 4.11. The highest BCUT2D eigenvalue weighted by Gasteiger charge is 2.15. The van der Waals surface area contributed by atoms with Crippen LogP contribution in [-0.4, -0.2) is 37.3 Å². The van der Waals surface area contributed by atoms with Crippen LogP contribution in [0.1, 0.15) is 12.8 Å². The van der Waals surface area contributed by atoms with Gasteiger partial charge in [0.05, 0.1) is 24.9 Å². The van der Waals surface area contributed by atoms with Crippen molar-refractivity contribution in [3.8, 4) is 11.5 Å². The molecule has 1 N–H and O–H groups in total. The maximum atomic E-state index is 6.13. The Morgan fingerprint density at radius 3 is 2.48 bits per heavy atom. The maximum absolute atomic E-state index is 6.13. The Morgan fingerprint density at radius 2 is 1.78 bits per heavy atom. The van der Waals surface area contributed by atoms with E-state index in [0.29, 0.717) is 22.3 Å². The van der Waals surface area contributed by atoms with E-state index in [-0.39, 0.29) is 0 Å². The fraction of sp³-hybridized carbons (Fsp3) is 0.375. The number of benzene rings is 1. The summed E-state index contributed by atoms with van der Waals surface area (Å²) >= 11 is 6.13. The van der Waals surface area contributed by atoms with Crippen molar-refractivity contribution in [3.63, 3.8) is 0 Å². The lowest BCUT2D eigenvalue weighted by Crippen LogP contribution is -2.19. The third-order valence-electron chi connectivity index (χ3n) is 3.82. The molecule has 1 fully saturated rings. The summed E-state index contributed by atoms with van der Waals surface area (Å²) in [5.74, 6) is 2.82. The Balaban J connectivity index is 1.88. The van der Waals surface area contributed by atoms with Crippen LogP contribution >= 0.6 is 11.6 Å². The van der Waals surface area contributed by atoms with Gasteiger partial charge in [-0.25, -0.2) is 9.97 Å². The van der Waals surface area contributed by atoms with E-state index in [9.17, 15) is 0 Å². The van der Waals surface area contributed by atoms with Crippen molar-refractivity contribution < 1.29 is 9.47 Å². The minimum absolute atomic E-state index is 0.496. The number of anilines is 3. The van der Waals surface area contributed by atoms with Crippen LogP contribution in [0.15, 0.2) is 24.5 Å². The highest BCUT2D eigenvalue weighted by atomic mass is 35.5. The molecule has 0 spiro atoms. The van der Waals surface area contributed by atoms with E-state index in [1.807, 2.05) is 6.07 Å². The van der Waals surface area contributed by atoms with Gasteiger partial charge in [-0.05, 0) is 12.8 Å². The molecule has 6 nitrogen and oxygen atoms in total. The van der Waals surface area contributed by atoms with Crippen molar-refractivity contribution >= 4 is 28.9 Å². The molecule has 1 aliphatic rings. The number of nitrogens with zero attached hydrogens (tertiary/aromatic N) is 3. The Kier molecular flexibility index (Phi) is 4.71. The average Bonchev–Trinajstić information content (AvgIpc) is 3.11. The Morgan fingerprint density at radius 1 is 1.04 bits per heavy atom. The van der Waals surface area contributed by atoms with Crippen molar-refractivity contribution in [2.45, 2.75) is 12.8 Å². The minimum atomic E-state index is 0.496. The zero-order valence-corrected chi connectivity index (χ0v) is 13.9. The predicted octanol–water partition coefficient (Wildman–Crippen LogP) is 3.49. The second-order valence-electron chi connectivity index (χ2n) is 5.27. The van der Waals surface area contributed by atoms with Crippen molar-refractivity contribution in [2.75, 3.05) is 37.5 Å². The number of nitrogens with one attached hydrogen (secondary N) is 1. The molecule has 0 bridgehead atoms.